The topological polar surface area (TPSA) is 21.7 Å². The van der Waals surface area contributed by atoms with Crippen LogP contribution in [-0.4, -0.2) is 28.9 Å². The summed E-state index contributed by atoms with van der Waals surface area (Å²) in [6, 6.07) is 10.4. The van der Waals surface area contributed by atoms with Crippen LogP contribution in [-0.2, 0) is 9.57 Å². The molecule has 1 aliphatic rings. The number of rotatable bonds is 5. The highest BCUT2D eigenvalue weighted by atomic mass is 16.7. The monoisotopic (exact) mass is 305 g/mol. The zero-order valence-electron chi connectivity index (χ0n) is 14.9. The van der Waals surface area contributed by atoms with Gasteiger partial charge in [0.15, 0.2) is 0 Å². The molecule has 1 aromatic carbocycles. The zero-order chi connectivity index (χ0) is 16.4. The van der Waals surface area contributed by atoms with Crippen LogP contribution in [0, 0.1) is 0 Å². The molecule has 1 saturated heterocycles. The van der Waals surface area contributed by atoms with Crippen LogP contribution >= 0.6 is 0 Å². The minimum absolute atomic E-state index is 0.0308. The van der Waals surface area contributed by atoms with Gasteiger partial charge < -0.3 is 4.74 Å². The van der Waals surface area contributed by atoms with E-state index < -0.39 is 0 Å². The highest BCUT2D eigenvalue weighted by Gasteiger charge is 2.51. The lowest BCUT2D eigenvalue weighted by Crippen LogP contribution is -2.68. The summed E-state index contributed by atoms with van der Waals surface area (Å²) in [7, 11) is 0. The molecule has 4 unspecified atom stereocenters. The lowest BCUT2D eigenvalue weighted by molar-refractivity contribution is -0.352. The summed E-state index contributed by atoms with van der Waals surface area (Å²) in [6.45, 7) is 13.9. The SMILES string of the molecule is CCC1(C)COC(C)C(C)(CC)N1OC(C)c1ccccc1. The number of hydroxylamine groups is 2. The van der Waals surface area contributed by atoms with Crippen LogP contribution in [0.4, 0.5) is 0 Å². The molecule has 0 saturated carbocycles. The van der Waals surface area contributed by atoms with E-state index in [4.69, 9.17) is 9.57 Å². The van der Waals surface area contributed by atoms with E-state index in [0.717, 1.165) is 12.8 Å². The second kappa shape index (κ2) is 6.69. The van der Waals surface area contributed by atoms with Crippen LogP contribution in [0.2, 0.25) is 0 Å². The van der Waals surface area contributed by atoms with E-state index in [0.29, 0.717) is 6.61 Å². The van der Waals surface area contributed by atoms with E-state index in [1.165, 1.54) is 5.56 Å². The molecular formula is C19H31NO2. The summed E-state index contributed by atoms with van der Waals surface area (Å²) in [4.78, 5) is 6.51. The minimum atomic E-state index is -0.119. The zero-order valence-corrected chi connectivity index (χ0v) is 14.9. The molecule has 0 aliphatic carbocycles. The fourth-order valence-corrected chi connectivity index (χ4v) is 3.19. The van der Waals surface area contributed by atoms with Gasteiger partial charge in [-0.25, -0.2) is 0 Å². The molecule has 124 valence electrons. The van der Waals surface area contributed by atoms with Crippen molar-refractivity contribution in [2.75, 3.05) is 6.61 Å². The molecule has 2 rings (SSSR count). The Bertz CT molecular complexity index is 478. The van der Waals surface area contributed by atoms with Crippen LogP contribution in [0.3, 0.4) is 0 Å². The molecule has 0 spiro atoms. The molecule has 0 N–H and O–H groups in total. The van der Waals surface area contributed by atoms with Crippen molar-refractivity contribution in [1.82, 2.24) is 5.06 Å². The molecule has 1 aliphatic heterocycles. The maximum absolute atomic E-state index is 6.51. The summed E-state index contributed by atoms with van der Waals surface area (Å²) in [5.74, 6) is 0. The molecule has 3 heteroatoms. The number of hydrogen-bond acceptors (Lipinski definition) is 3. The first-order valence-electron chi connectivity index (χ1n) is 8.51. The summed E-state index contributed by atoms with van der Waals surface area (Å²) >= 11 is 0. The van der Waals surface area contributed by atoms with E-state index in [1.54, 1.807) is 0 Å². The van der Waals surface area contributed by atoms with Gasteiger partial charge >= 0.3 is 0 Å². The Morgan fingerprint density at radius 2 is 1.86 bits per heavy atom. The van der Waals surface area contributed by atoms with Gasteiger partial charge in [-0.1, -0.05) is 44.2 Å². The Kier molecular flexibility index (Phi) is 5.31. The Morgan fingerprint density at radius 1 is 1.23 bits per heavy atom. The molecule has 0 amide bonds. The van der Waals surface area contributed by atoms with Crippen molar-refractivity contribution < 1.29 is 9.57 Å². The third-order valence-electron chi connectivity index (χ3n) is 5.48. The Balaban J connectivity index is 2.29. The summed E-state index contributed by atoms with van der Waals surface area (Å²) in [6.07, 6.45) is 2.17. The second-order valence-electron chi connectivity index (χ2n) is 6.97. The molecule has 0 aromatic heterocycles. The molecular weight excluding hydrogens is 274 g/mol. The van der Waals surface area contributed by atoms with Crippen LogP contribution in [0.15, 0.2) is 30.3 Å². The third-order valence-corrected chi connectivity index (χ3v) is 5.48. The Labute approximate surface area is 135 Å². The maximum Gasteiger partial charge on any atom is 0.102 e. The second-order valence-corrected chi connectivity index (χ2v) is 6.97. The van der Waals surface area contributed by atoms with Gasteiger partial charge in [-0.3, -0.25) is 4.84 Å². The molecule has 1 aromatic rings. The Hall–Kier alpha value is -0.900. The average Bonchev–Trinajstić information content (AvgIpc) is 2.56. The molecule has 1 heterocycles. The van der Waals surface area contributed by atoms with Crippen LogP contribution in [0.5, 0.6) is 0 Å². The van der Waals surface area contributed by atoms with Crippen molar-refractivity contribution in [1.29, 1.82) is 0 Å². The number of morpholine rings is 1. The lowest BCUT2D eigenvalue weighted by atomic mass is 9.83. The average molecular weight is 305 g/mol. The van der Waals surface area contributed by atoms with Crippen molar-refractivity contribution in [3.63, 3.8) is 0 Å². The highest BCUT2D eigenvalue weighted by Crippen LogP contribution is 2.41. The normalized spacial score (nSPS) is 34.5. The van der Waals surface area contributed by atoms with E-state index in [9.17, 15) is 0 Å². The maximum atomic E-state index is 6.51. The van der Waals surface area contributed by atoms with Crippen molar-refractivity contribution >= 4 is 0 Å². The van der Waals surface area contributed by atoms with Crippen molar-refractivity contribution in [2.24, 2.45) is 0 Å². The van der Waals surface area contributed by atoms with Gasteiger partial charge in [0.25, 0.3) is 0 Å². The van der Waals surface area contributed by atoms with E-state index >= 15 is 0 Å². The molecule has 4 atom stereocenters. The Morgan fingerprint density at radius 3 is 2.41 bits per heavy atom. The van der Waals surface area contributed by atoms with Crippen LogP contribution in [0.1, 0.15) is 66.1 Å². The first kappa shape index (κ1) is 17.5. The molecule has 22 heavy (non-hydrogen) atoms. The van der Waals surface area contributed by atoms with Gasteiger partial charge in [0.1, 0.15) is 6.10 Å². The molecule has 1 fully saturated rings. The quantitative estimate of drug-likeness (QED) is 0.784. The van der Waals surface area contributed by atoms with E-state index in [-0.39, 0.29) is 23.3 Å². The molecule has 0 radical (unpaired) electrons. The van der Waals surface area contributed by atoms with E-state index in [2.05, 4.69) is 70.9 Å². The van der Waals surface area contributed by atoms with Crippen molar-refractivity contribution in [2.45, 2.75) is 77.7 Å². The minimum Gasteiger partial charge on any atom is -0.374 e. The van der Waals surface area contributed by atoms with Crippen molar-refractivity contribution in [3.05, 3.63) is 35.9 Å². The highest BCUT2D eigenvalue weighted by molar-refractivity contribution is 5.17. The third kappa shape index (κ3) is 3.08. The first-order chi connectivity index (χ1) is 10.4. The van der Waals surface area contributed by atoms with Gasteiger partial charge in [-0.2, -0.15) is 5.06 Å². The van der Waals surface area contributed by atoms with Crippen LogP contribution < -0.4 is 0 Å². The largest absolute Gasteiger partial charge is 0.374 e. The van der Waals surface area contributed by atoms with Gasteiger partial charge in [-0.05, 0) is 46.1 Å². The molecule has 3 nitrogen and oxygen atoms in total. The summed E-state index contributed by atoms with van der Waals surface area (Å²) in [5, 5.41) is 2.24. The number of hydrogen-bond donors (Lipinski definition) is 0. The molecule has 0 bridgehead atoms. The summed E-state index contributed by atoms with van der Waals surface area (Å²) in [5.41, 5.74) is 0.991. The first-order valence-corrected chi connectivity index (χ1v) is 8.51. The van der Waals surface area contributed by atoms with Crippen LogP contribution in [0.25, 0.3) is 0 Å². The fraction of sp³-hybridized carbons (Fsp3) is 0.684. The predicted octanol–water partition coefficient (Wildman–Crippen LogP) is 4.74. The van der Waals surface area contributed by atoms with Gasteiger partial charge in [0.05, 0.1) is 23.8 Å². The predicted molar refractivity (Wildman–Crippen MR) is 90.6 cm³/mol. The lowest BCUT2D eigenvalue weighted by Gasteiger charge is -2.56. The number of ether oxygens (including phenoxy) is 1. The van der Waals surface area contributed by atoms with Gasteiger partial charge in [0.2, 0.25) is 0 Å². The smallest absolute Gasteiger partial charge is 0.102 e. The summed E-state index contributed by atoms with van der Waals surface area (Å²) < 4.78 is 6.09. The van der Waals surface area contributed by atoms with Gasteiger partial charge in [0, 0.05) is 0 Å². The van der Waals surface area contributed by atoms with Crippen molar-refractivity contribution in [3.8, 4) is 0 Å². The van der Waals surface area contributed by atoms with Gasteiger partial charge in [-0.15, -0.1) is 0 Å². The standard InChI is InChI=1S/C19H31NO2/c1-7-18(5)14-21-16(4)19(6,8-2)20(18)22-15(3)17-12-10-9-11-13-17/h9-13,15-16H,7-8,14H2,1-6H3. The van der Waals surface area contributed by atoms with E-state index in [1.807, 2.05) is 6.07 Å². The fourth-order valence-electron chi connectivity index (χ4n) is 3.19. The number of nitrogens with zero attached hydrogens (tertiary/aromatic N) is 1. The number of benzene rings is 1.